The lowest BCUT2D eigenvalue weighted by molar-refractivity contribution is 0.0600. The highest BCUT2D eigenvalue weighted by Gasteiger charge is 2.34. The molecule has 0 spiro atoms. The summed E-state index contributed by atoms with van der Waals surface area (Å²) in [5, 5.41) is 0. The highest BCUT2D eigenvalue weighted by molar-refractivity contribution is 5.97. The predicted molar refractivity (Wildman–Crippen MR) is 109 cm³/mol. The zero-order chi connectivity index (χ0) is 19.5. The van der Waals surface area contributed by atoms with Crippen LogP contribution in [0.25, 0.3) is 0 Å². The van der Waals surface area contributed by atoms with Crippen LogP contribution in [0.4, 0.5) is 0 Å². The molecule has 1 aromatic rings. The van der Waals surface area contributed by atoms with Crippen LogP contribution in [0.3, 0.4) is 0 Å². The lowest BCUT2D eigenvalue weighted by Crippen LogP contribution is -2.44. The molecule has 154 valence electrons. The van der Waals surface area contributed by atoms with Crippen molar-refractivity contribution in [2.45, 2.75) is 90.1 Å². The maximum absolute atomic E-state index is 13.4. The maximum Gasteiger partial charge on any atom is 0.289 e. The van der Waals surface area contributed by atoms with Crippen LogP contribution in [0.2, 0.25) is 0 Å². The predicted octanol–water partition coefficient (Wildman–Crippen LogP) is 3.64. The average molecular weight is 387 g/mol. The van der Waals surface area contributed by atoms with Crippen molar-refractivity contribution in [2.75, 3.05) is 19.6 Å². The van der Waals surface area contributed by atoms with E-state index in [1.807, 2.05) is 9.80 Å². The summed E-state index contributed by atoms with van der Waals surface area (Å²) in [4.78, 5) is 35.4. The van der Waals surface area contributed by atoms with Gasteiger partial charge in [-0.2, -0.15) is 0 Å². The fraction of sp³-hybridized carbons (Fsp3) is 0.773. The Balaban J connectivity index is 1.65. The Morgan fingerprint density at radius 3 is 2.36 bits per heavy atom. The number of nitrogens with zero attached hydrogens (tertiary/aromatic N) is 4. The van der Waals surface area contributed by atoms with Gasteiger partial charge in [-0.15, -0.1) is 0 Å². The molecule has 3 aliphatic rings. The van der Waals surface area contributed by atoms with Gasteiger partial charge >= 0.3 is 0 Å². The van der Waals surface area contributed by atoms with E-state index in [9.17, 15) is 9.59 Å². The summed E-state index contributed by atoms with van der Waals surface area (Å²) in [5.74, 6) is 0.576. The second-order valence-corrected chi connectivity index (χ2v) is 8.60. The Labute approximate surface area is 168 Å². The number of aromatic nitrogens is 2. The Kier molecular flexibility index (Phi) is 6.02. The molecule has 0 radical (unpaired) electrons. The van der Waals surface area contributed by atoms with Crippen molar-refractivity contribution < 1.29 is 9.59 Å². The molecule has 4 heterocycles. The summed E-state index contributed by atoms with van der Waals surface area (Å²) in [6.07, 6.45) is 11.8. The SMILES string of the molecule is CCC1CCCCN1C(=O)c1nc(C(=O)N2CCCCCC2)n2c1CCCC2. The van der Waals surface area contributed by atoms with Crippen molar-refractivity contribution in [3.8, 4) is 0 Å². The number of likely N-dealkylation sites (tertiary alicyclic amines) is 2. The van der Waals surface area contributed by atoms with Crippen molar-refractivity contribution in [1.82, 2.24) is 19.4 Å². The summed E-state index contributed by atoms with van der Waals surface area (Å²) in [6.45, 7) is 5.41. The number of piperidine rings is 1. The molecule has 3 aliphatic heterocycles. The van der Waals surface area contributed by atoms with Crippen molar-refractivity contribution in [2.24, 2.45) is 0 Å². The van der Waals surface area contributed by atoms with E-state index in [0.717, 1.165) is 83.2 Å². The summed E-state index contributed by atoms with van der Waals surface area (Å²) in [5.41, 5.74) is 1.55. The fourth-order valence-electron chi connectivity index (χ4n) is 5.12. The van der Waals surface area contributed by atoms with Crippen LogP contribution in [-0.4, -0.2) is 56.8 Å². The maximum atomic E-state index is 13.4. The number of rotatable bonds is 3. The second-order valence-electron chi connectivity index (χ2n) is 8.60. The number of hydrogen-bond donors (Lipinski definition) is 0. The Morgan fingerprint density at radius 1 is 0.893 bits per heavy atom. The smallest absolute Gasteiger partial charge is 0.289 e. The van der Waals surface area contributed by atoms with E-state index in [4.69, 9.17) is 4.98 Å². The summed E-state index contributed by atoms with van der Waals surface area (Å²) >= 11 is 0. The van der Waals surface area contributed by atoms with E-state index in [0.29, 0.717) is 17.6 Å². The molecule has 1 unspecified atom stereocenters. The number of carbonyl (C=O) groups is 2. The number of carbonyl (C=O) groups excluding carboxylic acids is 2. The first-order chi connectivity index (χ1) is 13.7. The van der Waals surface area contributed by atoms with Gasteiger partial charge in [-0.05, 0) is 57.8 Å². The average Bonchev–Trinajstić information content (AvgIpc) is 2.92. The van der Waals surface area contributed by atoms with E-state index < -0.39 is 0 Å². The zero-order valence-corrected chi connectivity index (χ0v) is 17.3. The third-order valence-corrected chi connectivity index (χ3v) is 6.76. The number of amides is 2. The quantitative estimate of drug-likeness (QED) is 0.797. The van der Waals surface area contributed by atoms with Crippen LogP contribution < -0.4 is 0 Å². The van der Waals surface area contributed by atoms with Crippen LogP contribution in [0, 0.1) is 0 Å². The van der Waals surface area contributed by atoms with Crippen LogP contribution >= 0.6 is 0 Å². The van der Waals surface area contributed by atoms with Crippen molar-refractivity contribution >= 4 is 11.8 Å². The molecule has 0 aromatic carbocycles. The summed E-state index contributed by atoms with van der Waals surface area (Å²) in [7, 11) is 0. The van der Waals surface area contributed by atoms with Gasteiger partial charge in [0.1, 0.15) is 5.69 Å². The molecule has 0 aliphatic carbocycles. The van der Waals surface area contributed by atoms with Gasteiger partial charge in [0.05, 0.1) is 5.69 Å². The molecule has 2 saturated heterocycles. The molecule has 1 aromatic heterocycles. The first-order valence-corrected chi connectivity index (χ1v) is 11.4. The van der Waals surface area contributed by atoms with Gasteiger partial charge < -0.3 is 14.4 Å². The van der Waals surface area contributed by atoms with E-state index in [-0.39, 0.29) is 11.8 Å². The van der Waals surface area contributed by atoms with Gasteiger partial charge in [-0.25, -0.2) is 4.98 Å². The molecular weight excluding hydrogens is 352 g/mol. The van der Waals surface area contributed by atoms with Crippen LogP contribution in [-0.2, 0) is 13.0 Å². The Morgan fingerprint density at radius 2 is 1.61 bits per heavy atom. The lowest BCUT2D eigenvalue weighted by atomic mass is 9.99. The minimum absolute atomic E-state index is 0.0229. The largest absolute Gasteiger partial charge is 0.336 e. The van der Waals surface area contributed by atoms with Gasteiger partial charge in [-0.1, -0.05) is 19.8 Å². The number of hydrogen-bond acceptors (Lipinski definition) is 3. The topological polar surface area (TPSA) is 58.4 Å². The summed E-state index contributed by atoms with van der Waals surface area (Å²) in [6, 6.07) is 0.312. The normalized spacial score (nSPS) is 23.2. The number of imidazole rings is 1. The van der Waals surface area contributed by atoms with Crippen LogP contribution in [0.5, 0.6) is 0 Å². The van der Waals surface area contributed by atoms with E-state index in [1.165, 1.54) is 19.3 Å². The molecule has 2 amide bonds. The van der Waals surface area contributed by atoms with Crippen molar-refractivity contribution in [3.05, 3.63) is 17.2 Å². The van der Waals surface area contributed by atoms with Gasteiger partial charge in [0, 0.05) is 32.2 Å². The molecule has 28 heavy (non-hydrogen) atoms. The monoisotopic (exact) mass is 386 g/mol. The zero-order valence-electron chi connectivity index (χ0n) is 17.3. The first-order valence-electron chi connectivity index (χ1n) is 11.4. The van der Waals surface area contributed by atoms with Crippen LogP contribution in [0.15, 0.2) is 0 Å². The summed E-state index contributed by atoms with van der Waals surface area (Å²) < 4.78 is 2.06. The molecule has 6 nitrogen and oxygen atoms in total. The molecule has 0 bridgehead atoms. The highest BCUT2D eigenvalue weighted by Crippen LogP contribution is 2.27. The molecule has 4 rings (SSSR count). The fourth-order valence-corrected chi connectivity index (χ4v) is 5.12. The minimum Gasteiger partial charge on any atom is -0.336 e. The van der Waals surface area contributed by atoms with E-state index >= 15 is 0 Å². The van der Waals surface area contributed by atoms with E-state index in [1.54, 1.807) is 0 Å². The third kappa shape index (κ3) is 3.70. The van der Waals surface area contributed by atoms with Gasteiger partial charge in [0.25, 0.3) is 11.8 Å². The van der Waals surface area contributed by atoms with Crippen molar-refractivity contribution in [3.63, 3.8) is 0 Å². The van der Waals surface area contributed by atoms with Gasteiger partial charge in [0.2, 0.25) is 0 Å². The minimum atomic E-state index is 0.0229. The van der Waals surface area contributed by atoms with E-state index in [2.05, 4.69) is 11.5 Å². The molecule has 0 N–H and O–H groups in total. The molecule has 2 fully saturated rings. The second kappa shape index (κ2) is 8.66. The van der Waals surface area contributed by atoms with Gasteiger partial charge in [0.15, 0.2) is 5.82 Å². The Bertz CT molecular complexity index is 718. The third-order valence-electron chi connectivity index (χ3n) is 6.76. The molecule has 1 atom stereocenters. The van der Waals surface area contributed by atoms with Crippen LogP contribution in [0.1, 0.15) is 97.9 Å². The molecular formula is C22H34N4O2. The van der Waals surface area contributed by atoms with Crippen molar-refractivity contribution in [1.29, 1.82) is 0 Å². The molecule has 0 saturated carbocycles. The van der Waals surface area contributed by atoms with Gasteiger partial charge in [-0.3, -0.25) is 9.59 Å². The molecule has 6 heteroatoms. The lowest BCUT2D eigenvalue weighted by Gasteiger charge is -2.35. The highest BCUT2D eigenvalue weighted by atomic mass is 16.2. The standard InChI is InChI=1S/C22H34N4O2/c1-2-17-11-5-9-15-25(17)21(27)19-18-12-6-10-16-26(18)20(23-19)22(28)24-13-7-3-4-8-14-24/h17H,2-16H2,1H3. The number of fused-ring (bicyclic) bond motifs is 1. The first kappa shape index (κ1) is 19.5. The Hall–Kier alpha value is -1.85.